The van der Waals surface area contributed by atoms with Gasteiger partial charge in [0.25, 0.3) is 0 Å². The molecule has 1 heterocycles. The first-order valence-electron chi connectivity index (χ1n) is 7.90. The Kier molecular flexibility index (Phi) is 5.23. The zero-order valence-electron chi connectivity index (χ0n) is 13.6. The van der Waals surface area contributed by atoms with Crippen molar-refractivity contribution < 1.29 is 4.79 Å². The maximum atomic E-state index is 12.1. The van der Waals surface area contributed by atoms with E-state index in [0.717, 1.165) is 26.1 Å². The third kappa shape index (κ3) is 3.76. The van der Waals surface area contributed by atoms with Crippen LogP contribution in [0, 0.1) is 6.92 Å². The van der Waals surface area contributed by atoms with Gasteiger partial charge < -0.3 is 15.5 Å². The Labute approximate surface area is 127 Å². The molecule has 0 saturated carbocycles. The zero-order valence-corrected chi connectivity index (χ0v) is 13.6. The molecule has 21 heavy (non-hydrogen) atoms. The topological polar surface area (TPSA) is 44.4 Å². The fraction of sp³-hybridized carbons (Fsp3) is 0.588. The molecule has 1 aliphatic rings. The van der Waals surface area contributed by atoms with Gasteiger partial charge in [-0.05, 0) is 25.0 Å². The van der Waals surface area contributed by atoms with Crippen LogP contribution in [0.1, 0.15) is 38.3 Å². The second-order valence-electron chi connectivity index (χ2n) is 6.08. The predicted molar refractivity (Wildman–Crippen MR) is 87.6 cm³/mol. The Morgan fingerprint density at radius 2 is 2.19 bits per heavy atom. The molecule has 0 aromatic heterocycles. The highest BCUT2D eigenvalue weighted by atomic mass is 16.2. The summed E-state index contributed by atoms with van der Waals surface area (Å²) in [6.07, 6.45) is 0.830. The number of nitrogens with one attached hydrogen (secondary N) is 2. The van der Waals surface area contributed by atoms with Gasteiger partial charge in [-0.2, -0.15) is 0 Å². The van der Waals surface area contributed by atoms with Crippen LogP contribution in [0.5, 0.6) is 0 Å². The Bertz CT molecular complexity index is 499. The number of benzene rings is 1. The molecular weight excluding hydrogens is 262 g/mol. The largest absolute Gasteiger partial charge is 0.357 e. The zero-order chi connectivity index (χ0) is 15.4. The molecular formula is C17H27N3O. The number of anilines is 1. The third-order valence-electron chi connectivity index (χ3n) is 3.96. The van der Waals surface area contributed by atoms with E-state index in [1.807, 2.05) is 0 Å². The molecule has 1 unspecified atom stereocenters. The van der Waals surface area contributed by atoms with Gasteiger partial charge in [0.2, 0.25) is 5.91 Å². The van der Waals surface area contributed by atoms with Crippen LogP contribution in [-0.2, 0) is 11.3 Å². The molecule has 0 spiro atoms. The highest BCUT2D eigenvalue weighted by molar-refractivity contribution is 5.86. The molecule has 1 fully saturated rings. The lowest BCUT2D eigenvalue weighted by Gasteiger charge is -2.37. The third-order valence-corrected chi connectivity index (χ3v) is 3.96. The lowest BCUT2D eigenvalue weighted by Crippen LogP contribution is -2.55. The van der Waals surface area contributed by atoms with Crippen LogP contribution >= 0.6 is 0 Å². The highest BCUT2D eigenvalue weighted by Gasteiger charge is 2.29. The quantitative estimate of drug-likeness (QED) is 0.873. The Morgan fingerprint density at radius 3 is 2.86 bits per heavy atom. The van der Waals surface area contributed by atoms with Crippen LogP contribution in [0.25, 0.3) is 0 Å². The minimum Gasteiger partial charge on any atom is -0.357 e. The maximum Gasteiger partial charge on any atom is 0.242 e. The lowest BCUT2D eigenvalue weighted by molar-refractivity contribution is -0.123. The van der Waals surface area contributed by atoms with Gasteiger partial charge in [0.15, 0.2) is 0 Å². The first-order chi connectivity index (χ1) is 10.0. The van der Waals surface area contributed by atoms with Gasteiger partial charge >= 0.3 is 0 Å². The molecule has 1 aliphatic heterocycles. The number of carbonyl (C=O) groups is 1. The molecule has 116 valence electrons. The van der Waals surface area contributed by atoms with E-state index < -0.39 is 0 Å². The summed E-state index contributed by atoms with van der Waals surface area (Å²) in [6, 6.07) is 6.91. The van der Waals surface area contributed by atoms with Gasteiger partial charge in [-0.15, -0.1) is 0 Å². The smallest absolute Gasteiger partial charge is 0.242 e. The Morgan fingerprint density at radius 1 is 1.43 bits per heavy atom. The minimum absolute atomic E-state index is 0.0562. The Balaban J connectivity index is 2.30. The van der Waals surface area contributed by atoms with Crippen molar-refractivity contribution in [3.63, 3.8) is 0 Å². The molecule has 4 nitrogen and oxygen atoms in total. The Hall–Kier alpha value is -1.55. The van der Waals surface area contributed by atoms with Crippen molar-refractivity contribution in [2.75, 3.05) is 18.0 Å². The normalized spacial score (nSPS) is 19.0. The highest BCUT2D eigenvalue weighted by Crippen LogP contribution is 2.26. The van der Waals surface area contributed by atoms with Crippen LogP contribution in [0.15, 0.2) is 18.2 Å². The van der Waals surface area contributed by atoms with Gasteiger partial charge in [-0.1, -0.05) is 38.5 Å². The van der Waals surface area contributed by atoms with E-state index in [4.69, 9.17) is 0 Å². The second kappa shape index (κ2) is 6.94. The number of aryl methyl sites for hydroxylation is 1. The summed E-state index contributed by atoms with van der Waals surface area (Å²) in [6.45, 7) is 10.9. The average Bonchev–Trinajstić information content (AvgIpc) is 2.45. The lowest BCUT2D eigenvalue weighted by atomic mass is 10.0. The molecule has 1 amide bonds. The van der Waals surface area contributed by atoms with Gasteiger partial charge in [-0.3, -0.25) is 4.79 Å². The monoisotopic (exact) mass is 289 g/mol. The summed E-state index contributed by atoms with van der Waals surface area (Å²) in [5.74, 6) is 0.145. The molecule has 0 aliphatic carbocycles. The van der Waals surface area contributed by atoms with E-state index in [2.05, 4.69) is 61.4 Å². The molecule has 0 bridgehead atoms. The van der Waals surface area contributed by atoms with Gasteiger partial charge in [0, 0.05) is 31.4 Å². The standard InChI is InChI=1S/C17H27N3O/c1-5-15-17(21)18-8-9-20(15)16-7-6-13(4)10-14(16)11-19-12(2)3/h6-7,10,12,15,19H,5,8-9,11H2,1-4H3,(H,18,21). The van der Waals surface area contributed by atoms with Crippen molar-refractivity contribution >= 4 is 11.6 Å². The number of nitrogens with zero attached hydrogens (tertiary/aromatic N) is 1. The molecule has 0 radical (unpaired) electrons. The van der Waals surface area contributed by atoms with E-state index in [1.165, 1.54) is 16.8 Å². The number of hydrogen-bond acceptors (Lipinski definition) is 3. The van der Waals surface area contributed by atoms with Crippen LogP contribution < -0.4 is 15.5 Å². The number of piperazine rings is 1. The van der Waals surface area contributed by atoms with Gasteiger partial charge in [-0.25, -0.2) is 0 Å². The number of hydrogen-bond donors (Lipinski definition) is 2. The fourth-order valence-electron chi connectivity index (χ4n) is 2.86. The van der Waals surface area contributed by atoms with E-state index in [9.17, 15) is 4.79 Å². The van der Waals surface area contributed by atoms with Crippen molar-refractivity contribution in [1.82, 2.24) is 10.6 Å². The number of amides is 1. The SMILES string of the molecule is CCC1C(=O)NCCN1c1ccc(C)cc1CNC(C)C. The van der Waals surface area contributed by atoms with Crippen molar-refractivity contribution in [2.24, 2.45) is 0 Å². The first-order valence-corrected chi connectivity index (χ1v) is 7.90. The summed E-state index contributed by atoms with van der Waals surface area (Å²) in [7, 11) is 0. The van der Waals surface area contributed by atoms with Crippen molar-refractivity contribution in [1.29, 1.82) is 0 Å². The summed E-state index contributed by atoms with van der Waals surface area (Å²) < 4.78 is 0. The van der Waals surface area contributed by atoms with Crippen molar-refractivity contribution in [3.05, 3.63) is 29.3 Å². The summed E-state index contributed by atoms with van der Waals surface area (Å²) in [4.78, 5) is 14.3. The van der Waals surface area contributed by atoms with Crippen LogP contribution in [0.2, 0.25) is 0 Å². The molecule has 4 heteroatoms. The molecule has 2 N–H and O–H groups in total. The summed E-state index contributed by atoms with van der Waals surface area (Å²) in [5.41, 5.74) is 3.72. The first kappa shape index (κ1) is 15.8. The summed E-state index contributed by atoms with van der Waals surface area (Å²) >= 11 is 0. The number of carbonyl (C=O) groups excluding carboxylic acids is 1. The van der Waals surface area contributed by atoms with Crippen LogP contribution in [-0.4, -0.2) is 31.1 Å². The minimum atomic E-state index is -0.0562. The van der Waals surface area contributed by atoms with E-state index >= 15 is 0 Å². The molecule has 1 aromatic carbocycles. The molecule has 1 atom stereocenters. The van der Waals surface area contributed by atoms with Crippen molar-refractivity contribution in [3.8, 4) is 0 Å². The van der Waals surface area contributed by atoms with Crippen molar-refractivity contribution in [2.45, 2.75) is 52.7 Å². The average molecular weight is 289 g/mol. The maximum absolute atomic E-state index is 12.1. The summed E-state index contributed by atoms with van der Waals surface area (Å²) in [5, 5.41) is 6.45. The molecule has 1 saturated heterocycles. The van der Waals surface area contributed by atoms with Crippen LogP contribution in [0.3, 0.4) is 0 Å². The van der Waals surface area contributed by atoms with Crippen LogP contribution in [0.4, 0.5) is 5.69 Å². The van der Waals surface area contributed by atoms with E-state index in [-0.39, 0.29) is 11.9 Å². The van der Waals surface area contributed by atoms with E-state index in [0.29, 0.717) is 6.04 Å². The van der Waals surface area contributed by atoms with Gasteiger partial charge in [0.05, 0.1) is 0 Å². The fourth-order valence-corrected chi connectivity index (χ4v) is 2.86. The second-order valence-corrected chi connectivity index (χ2v) is 6.08. The number of rotatable bonds is 5. The van der Waals surface area contributed by atoms with Gasteiger partial charge in [0.1, 0.15) is 6.04 Å². The predicted octanol–water partition coefficient (Wildman–Crippen LogP) is 2.21. The molecule has 1 aromatic rings. The van der Waals surface area contributed by atoms with E-state index in [1.54, 1.807) is 0 Å². The molecule has 2 rings (SSSR count).